The molecule has 1 aliphatic rings. The van der Waals surface area contributed by atoms with Crippen molar-refractivity contribution in [1.29, 1.82) is 0 Å². The third-order valence-electron chi connectivity index (χ3n) is 2.85. The highest BCUT2D eigenvalue weighted by Crippen LogP contribution is 2.49. The summed E-state index contributed by atoms with van der Waals surface area (Å²) in [6, 6.07) is 4.20. The van der Waals surface area contributed by atoms with E-state index >= 15 is 0 Å². The highest BCUT2D eigenvalue weighted by Gasteiger charge is 2.53. The number of methoxy groups -OCH3 is 1. The Hall–Kier alpha value is -1.58. The Kier molecular flexibility index (Phi) is 2.14. The second-order valence-electron chi connectivity index (χ2n) is 3.73. The molecule has 0 amide bonds. The summed E-state index contributed by atoms with van der Waals surface area (Å²) in [4.78, 5) is 11.0. The molecule has 2 rings (SSSR count). The Morgan fingerprint density at radius 1 is 1.53 bits per heavy atom. The van der Waals surface area contributed by atoms with Gasteiger partial charge in [-0.1, -0.05) is 0 Å². The van der Waals surface area contributed by atoms with Crippen LogP contribution >= 0.6 is 0 Å². The van der Waals surface area contributed by atoms with Crippen LogP contribution in [0.1, 0.15) is 18.4 Å². The molecule has 0 spiro atoms. The number of aliphatic carboxylic acids is 1. The summed E-state index contributed by atoms with van der Waals surface area (Å²) < 4.78 is 18.4. The van der Waals surface area contributed by atoms with E-state index in [0.717, 1.165) is 0 Å². The average molecular weight is 210 g/mol. The van der Waals surface area contributed by atoms with Gasteiger partial charge in [0.25, 0.3) is 0 Å². The third kappa shape index (κ3) is 1.46. The van der Waals surface area contributed by atoms with Gasteiger partial charge in [-0.05, 0) is 31.0 Å². The molecular formula is C11H11FO3. The van der Waals surface area contributed by atoms with Crippen LogP contribution in [-0.2, 0) is 10.2 Å². The van der Waals surface area contributed by atoms with E-state index in [1.54, 1.807) is 0 Å². The molecule has 0 saturated heterocycles. The molecule has 4 heteroatoms. The molecule has 1 aromatic rings. The van der Waals surface area contributed by atoms with Gasteiger partial charge >= 0.3 is 5.97 Å². The molecule has 1 fully saturated rings. The van der Waals surface area contributed by atoms with Crippen molar-refractivity contribution in [3.8, 4) is 5.75 Å². The van der Waals surface area contributed by atoms with E-state index in [0.29, 0.717) is 18.6 Å². The van der Waals surface area contributed by atoms with Gasteiger partial charge in [-0.25, -0.2) is 4.39 Å². The van der Waals surface area contributed by atoms with E-state index in [9.17, 15) is 9.18 Å². The second kappa shape index (κ2) is 3.22. The van der Waals surface area contributed by atoms with Crippen molar-refractivity contribution in [2.75, 3.05) is 7.11 Å². The van der Waals surface area contributed by atoms with Gasteiger partial charge in [0.05, 0.1) is 12.5 Å². The van der Waals surface area contributed by atoms with Crippen LogP contribution in [0.25, 0.3) is 0 Å². The highest BCUT2D eigenvalue weighted by atomic mass is 19.1. The highest BCUT2D eigenvalue weighted by molar-refractivity contribution is 5.85. The first kappa shape index (κ1) is 9.96. The van der Waals surface area contributed by atoms with Crippen molar-refractivity contribution in [3.05, 3.63) is 29.6 Å². The summed E-state index contributed by atoms with van der Waals surface area (Å²) >= 11 is 0. The standard InChI is InChI=1S/C11H11FO3/c1-15-7-2-3-9(12)8(6-7)11(4-5-11)10(13)14/h2-3,6H,4-5H2,1H3,(H,13,14). The van der Waals surface area contributed by atoms with Crippen LogP contribution in [-0.4, -0.2) is 18.2 Å². The molecule has 0 bridgehead atoms. The number of carboxylic acids is 1. The quantitative estimate of drug-likeness (QED) is 0.829. The summed E-state index contributed by atoms with van der Waals surface area (Å²) in [6.07, 6.45) is 0.985. The molecule has 3 nitrogen and oxygen atoms in total. The Balaban J connectivity index is 2.47. The summed E-state index contributed by atoms with van der Waals surface area (Å²) in [7, 11) is 1.47. The average Bonchev–Trinajstić information content (AvgIpc) is 2.99. The van der Waals surface area contributed by atoms with Crippen LogP contribution in [0, 0.1) is 5.82 Å². The summed E-state index contributed by atoms with van der Waals surface area (Å²) in [5.41, 5.74) is -0.784. The van der Waals surface area contributed by atoms with Crippen molar-refractivity contribution in [2.24, 2.45) is 0 Å². The molecule has 80 valence electrons. The predicted octanol–water partition coefficient (Wildman–Crippen LogP) is 1.95. The molecule has 0 radical (unpaired) electrons. The van der Waals surface area contributed by atoms with Gasteiger partial charge in [0.2, 0.25) is 0 Å². The maximum absolute atomic E-state index is 13.5. The minimum absolute atomic E-state index is 0.231. The predicted molar refractivity (Wildman–Crippen MR) is 51.5 cm³/mol. The molecule has 0 atom stereocenters. The fourth-order valence-electron chi connectivity index (χ4n) is 1.72. The number of ether oxygens (including phenoxy) is 1. The van der Waals surface area contributed by atoms with Crippen LogP contribution < -0.4 is 4.74 Å². The molecular weight excluding hydrogens is 199 g/mol. The SMILES string of the molecule is COc1ccc(F)c(C2(C(=O)O)CC2)c1. The van der Waals surface area contributed by atoms with Gasteiger partial charge in [0.1, 0.15) is 11.6 Å². The summed E-state index contributed by atoms with van der Waals surface area (Å²) in [6.45, 7) is 0. The van der Waals surface area contributed by atoms with Crippen LogP contribution in [0.4, 0.5) is 4.39 Å². The molecule has 0 aromatic heterocycles. The van der Waals surface area contributed by atoms with E-state index in [-0.39, 0.29) is 5.56 Å². The molecule has 1 aliphatic carbocycles. The van der Waals surface area contributed by atoms with Gasteiger partial charge in [-0.15, -0.1) is 0 Å². The normalized spacial score (nSPS) is 17.2. The number of rotatable bonds is 3. The molecule has 0 unspecified atom stereocenters. The fourth-order valence-corrected chi connectivity index (χ4v) is 1.72. The van der Waals surface area contributed by atoms with E-state index in [1.165, 1.54) is 25.3 Å². The lowest BCUT2D eigenvalue weighted by Crippen LogP contribution is -2.21. The van der Waals surface area contributed by atoms with Gasteiger partial charge in [-0.3, -0.25) is 4.79 Å². The van der Waals surface area contributed by atoms with E-state index in [4.69, 9.17) is 9.84 Å². The molecule has 1 saturated carbocycles. The minimum atomic E-state index is -1.02. The van der Waals surface area contributed by atoms with Crippen LogP contribution in [0.3, 0.4) is 0 Å². The zero-order valence-corrected chi connectivity index (χ0v) is 8.29. The summed E-state index contributed by atoms with van der Waals surface area (Å²) in [5, 5.41) is 9.04. The zero-order chi connectivity index (χ0) is 11.1. The van der Waals surface area contributed by atoms with Gasteiger partial charge in [0.15, 0.2) is 0 Å². The topological polar surface area (TPSA) is 46.5 Å². The van der Waals surface area contributed by atoms with E-state index < -0.39 is 17.2 Å². The lowest BCUT2D eigenvalue weighted by atomic mass is 9.95. The molecule has 1 aromatic carbocycles. The first-order valence-electron chi connectivity index (χ1n) is 4.67. The molecule has 0 heterocycles. The van der Waals surface area contributed by atoms with Crippen molar-refractivity contribution in [3.63, 3.8) is 0 Å². The van der Waals surface area contributed by atoms with E-state index in [1.807, 2.05) is 0 Å². The van der Waals surface area contributed by atoms with Crippen LogP contribution in [0.2, 0.25) is 0 Å². The number of halogens is 1. The van der Waals surface area contributed by atoms with Gasteiger partial charge < -0.3 is 9.84 Å². The Morgan fingerprint density at radius 2 is 2.20 bits per heavy atom. The first-order valence-corrected chi connectivity index (χ1v) is 4.67. The van der Waals surface area contributed by atoms with Gasteiger partial charge in [0, 0.05) is 5.56 Å². The second-order valence-corrected chi connectivity index (χ2v) is 3.73. The number of hydrogen-bond donors (Lipinski definition) is 1. The minimum Gasteiger partial charge on any atom is -0.497 e. The Labute approximate surface area is 86.5 Å². The lowest BCUT2D eigenvalue weighted by molar-refractivity contribution is -0.140. The van der Waals surface area contributed by atoms with Crippen molar-refractivity contribution in [1.82, 2.24) is 0 Å². The smallest absolute Gasteiger partial charge is 0.314 e. The number of carbonyl (C=O) groups is 1. The largest absolute Gasteiger partial charge is 0.497 e. The van der Waals surface area contributed by atoms with Crippen molar-refractivity contribution in [2.45, 2.75) is 18.3 Å². The maximum atomic E-state index is 13.5. The third-order valence-corrected chi connectivity index (χ3v) is 2.85. The lowest BCUT2D eigenvalue weighted by Gasteiger charge is -2.12. The molecule has 1 N–H and O–H groups in total. The van der Waals surface area contributed by atoms with E-state index in [2.05, 4.69) is 0 Å². The van der Waals surface area contributed by atoms with Crippen LogP contribution in [0.15, 0.2) is 18.2 Å². The number of hydrogen-bond acceptors (Lipinski definition) is 2. The summed E-state index contributed by atoms with van der Waals surface area (Å²) in [5.74, 6) is -0.954. The fraction of sp³-hybridized carbons (Fsp3) is 0.364. The molecule has 0 aliphatic heterocycles. The number of benzene rings is 1. The van der Waals surface area contributed by atoms with Crippen LogP contribution in [0.5, 0.6) is 5.75 Å². The maximum Gasteiger partial charge on any atom is 0.314 e. The van der Waals surface area contributed by atoms with Crippen molar-refractivity contribution < 1.29 is 19.0 Å². The Bertz CT molecular complexity index is 410. The Morgan fingerprint density at radius 3 is 2.67 bits per heavy atom. The molecule has 15 heavy (non-hydrogen) atoms. The number of carboxylic acid groups (broad SMARTS) is 1. The van der Waals surface area contributed by atoms with Gasteiger partial charge in [-0.2, -0.15) is 0 Å². The van der Waals surface area contributed by atoms with Crippen molar-refractivity contribution >= 4 is 5.97 Å². The zero-order valence-electron chi connectivity index (χ0n) is 8.29. The first-order chi connectivity index (χ1) is 7.10. The monoisotopic (exact) mass is 210 g/mol.